The summed E-state index contributed by atoms with van der Waals surface area (Å²) in [5, 5.41) is 0.533. The van der Waals surface area contributed by atoms with E-state index >= 15 is 0 Å². The van der Waals surface area contributed by atoms with E-state index in [0.717, 1.165) is 11.8 Å². The van der Waals surface area contributed by atoms with Crippen LogP contribution in [-0.4, -0.2) is 7.11 Å². The van der Waals surface area contributed by atoms with Gasteiger partial charge in [-0.3, -0.25) is 4.52 Å². The Morgan fingerprint density at radius 1 is 1.36 bits per heavy atom. The topological polar surface area (TPSA) is 35.5 Å². The number of rotatable bonds is 4. The van der Waals surface area contributed by atoms with Gasteiger partial charge in [-0.1, -0.05) is 24.3 Å². The van der Waals surface area contributed by atoms with E-state index in [1.807, 2.05) is 19.1 Å². The van der Waals surface area contributed by atoms with Crippen molar-refractivity contribution in [2.24, 2.45) is 0 Å². The summed E-state index contributed by atoms with van der Waals surface area (Å²) in [6.07, 6.45) is 1.13. The van der Waals surface area contributed by atoms with Gasteiger partial charge in [-0.25, -0.2) is 4.57 Å². The van der Waals surface area contributed by atoms with Crippen molar-refractivity contribution in [2.45, 2.75) is 6.92 Å². The molecule has 4 heteroatoms. The highest BCUT2D eigenvalue weighted by atomic mass is 31.2. The van der Waals surface area contributed by atoms with Gasteiger partial charge >= 0.3 is 7.60 Å². The summed E-state index contributed by atoms with van der Waals surface area (Å²) < 4.78 is 21.7. The van der Waals surface area contributed by atoms with E-state index in [9.17, 15) is 4.57 Å². The van der Waals surface area contributed by atoms with E-state index in [2.05, 4.69) is 6.58 Å². The Morgan fingerprint density at radius 2 is 1.93 bits per heavy atom. The molecule has 1 unspecified atom stereocenters. The molecule has 0 saturated heterocycles. The van der Waals surface area contributed by atoms with E-state index in [4.69, 9.17) is 9.05 Å². The second-order valence-electron chi connectivity index (χ2n) is 2.79. The van der Waals surface area contributed by atoms with Gasteiger partial charge in [-0.2, -0.15) is 0 Å². The highest BCUT2D eigenvalue weighted by molar-refractivity contribution is 7.62. The number of hydrogen-bond donors (Lipinski definition) is 0. The molecule has 0 aliphatic rings. The van der Waals surface area contributed by atoms with Crippen molar-refractivity contribution >= 4 is 12.9 Å². The molecule has 0 amide bonds. The van der Waals surface area contributed by atoms with E-state index in [1.54, 1.807) is 12.1 Å². The van der Waals surface area contributed by atoms with E-state index in [1.165, 1.54) is 7.11 Å². The van der Waals surface area contributed by atoms with Gasteiger partial charge in [-0.05, 0) is 19.1 Å². The van der Waals surface area contributed by atoms with E-state index in [0.29, 0.717) is 5.30 Å². The molecule has 0 fully saturated rings. The molecule has 0 aliphatic carbocycles. The molecule has 1 rings (SSSR count). The van der Waals surface area contributed by atoms with Gasteiger partial charge in [0.25, 0.3) is 0 Å². The molecule has 14 heavy (non-hydrogen) atoms. The van der Waals surface area contributed by atoms with Crippen molar-refractivity contribution < 1.29 is 13.6 Å². The van der Waals surface area contributed by atoms with Gasteiger partial charge in [0.05, 0.1) is 11.6 Å². The Morgan fingerprint density at radius 3 is 2.36 bits per heavy atom. The van der Waals surface area contributed by atoms with Gasteiger partial charge in [0.2, 0.25) is 0 Å². The minimum absolute atomic E-state index is 0.533. The van der Waals surface area contributed by atoms with Crippen LogP contribution < -0.4 is 5.30 Å². The number of hydrogen-bond acceptors (Lipinski definition) is 3. The number of benzene rings is 1. The highest BCUT2D eigenvalue weighted by Crippen LogP contribution is 2.46. The van der Waals surface area contributed by atoms with Gasteiger partial charge in [0, 0.05) is 7.11 Å². The largest absolute Gasteiger partial charge is 0.430 e. The molecule has 76 valence electrons. The summed E-state index contributed by atoms with van der Waals surface area (Å²) in [4.78, 5) is 0. The fourth-order valence-electron chi connectivity index (χ4n) is 1.03. The lowest BCUT2D eigenvalue weighted by Crippen LogP contribution is -2.06. The second kappa shape index (κ2) is 4.45. The Balaban J connectivity index is 3.06. The van der Waals surface area contributed by atoms with Gasteiger partial charge in [0.1, 0.15) is 0 Å². The fraction of sp³-hybridized carbons (Fsp3) is 0.200. The molecule has 0 aliphatic heterocycles. The Kier molecular flexibility index (Phi) is 3.50. The smallest absolute Gasteiger partial charge is 0.409 e. The summed E-state index contributed by atoms with van der Waals surface area (Å²) in [5.41, 5.74) is 1.09. The minimum Gasteiger partial charge on any atom is -0.430 e. The predicted molar refractivity (Wildman–Crippen MR) is 56.7 cm³/mol. The molecule has 0 bridgehead atoms. The fourth-order valence-corrected chi connectivity index (χ4v) is 2.16. The van der Waals surface area contributed by atoms with Crippen molar-refractivity contribution in [3.05, 3.63) is 42.7 Å². The Labute approximate surface area is 83.9 Å². The molecule has 0 spiro atoms. The summed E-state index contributed by atoms with van der Waals surface area (Å²) >= 11 is 0. The molecule has 0 N–H and O–H groups in total. The van der Waals surface area contributed by atoms with E-state index in [-0.39, 0.29) is 0 Å². The summed E-state index contributed by atoms with van der Waals surface area (Å²) in [6, 6.07) is 7.16. The molecule has 0 aromatic heterocycles. The molecule has 0 saturated carbocycles. The zero-order valence-corrected chi connectivity index (χ0v) is 9.16. The lowest BCUT2D eigenvalue weighted by atomic mass is 10.2. The summed E-state index contributed by atoms with van der Waals surface area (Å²) in [6.45, 7) is 5.32. The van der Waals surface area contributed by atoms with Crippen LogP contribution in [0.15, 0.2) is 37.1 Å². The number of aryl methyl sites for hydroxylation is 1. The van der Waals surface area contributed by atoms with Crippen LogP contribution in [0.5, 0.6) is 0 Å². The van der Waals surface area contributed by atoms with E-state index < -0.39 is 7.60 Å². The first kappa shape index (κ1) is 11.0. The second-order valence-corrected chi connectivity index (χ2v) is 4.87. The third-order valence-corrected chi connectivity index (χ3v) is 3.64. The van der Waals surface area contributed by atoms with Crippen molar-refractivity contribution in [1.29, 1.82) is 0 Å². The average molecular weight is 212 g/mol. The monoisotopic (exact) mass is 212 g/mol. The van der Waals surface area contributed by atoms with Crippen LogP contribution in [0.1, 0.15) is 5.56 Å². The SMILES string of the molecule is C=COP(=O)(OC)c1ccc(C)cc1. The maximum Gasteiger partial charge on any atom is 0.409 e. The summed E-state index contributed by atoms with van der Waals surface area (Å²) in [5.74, 6) is 0. The van der Waals surface area contributed by atoms with Crippen LogP contribution in [0.4, 0.5) is 0 Å². The predicted octanol–water partition coefficient (Wildman–Crippen LogP) is 2.62. The van der Waals surface area contributed by atoms with Gasteiger partial charge < -0.3 is 4.52 Å². The maximum absolute atomic E-state index is 12.0. The maximum atomic E-state index is 12.0. The van der Waals surface area contributed by atoms with Gasteiger partial charge in [-0.15, -0.1) is 0 Å². The first-order valence-electron chi connectivity index (χ1n) is 4.14. The molecule has 1 atom stereocenters. The van der Waals surface area contributed by atoms with Crippen LogP contribution in [0.2, 0.25) is 0 Å². The Hall–Kier alpha value is -1.05. The zero-order valence-electron chi connectivity index (χ0n) is 8.27. The molecule has 0 radical (unpaired) electrons. The van der Waals surface area contributed by atoms with Crippen LogP contribution >= 0.6 is 7.60 Å². The first-order chi connectivity index (χ1) is 6.62. The van der Waals surface area contributed by atoms with Crippen LogP contribution in [0, 0.1) is 6.92 Å². The first-order valence-corrected chi connectivity index (χ1v) is 5.69. The lowest BCUT2D eigenvalue weighted by molar-refractivity contribution is 0.311. The lowest BCUT2D eigenvalue weighted by Gasteiger charge is -2.14. The van der Waals surface area contributed by atoms with Crippen molar-refractivity contribution in [3.63, 3.8) is 0 Å². The zero-order chi connectivity index (χ0) is 10.6. The molecule has 1 aromatic rings. The normalized spacial score (nSPS) is 14.4. The van der Waals surface area contributed by atoms with Crippen molar-refractivity contribution in [3.8, 4) is 0 Å². The van der Waals surface area contributed by atoms with Crippen molar-refractivity contribution in [2.75, 3.05) is 7.11 Å². The average Bonchev–Trinajstić information content (AvgIpc) is 2.19. The molecular weight excluding hydrogens is 199 g/mol. The van der Waals surface area contributed by atoms with Crippen LogP contribution in [0.25, 0.3) is 0 Å². The quantitative estimate of drug-likeness (QED) is 0.568. The van der Waals surface area contributed by atoms with Gasteiger partial charge in [0.15, 0.2) is 0 Å². The molecule has 1 aromatic carbocycles. The van der Waals surface area contributed by atoms with Crippen LogP contribution in [0.3, 0.4) is 0 Å². The third kappa shape index (κ3) is 2.25. The highest BCUT2D eigenvalue weighted by Gasteiger charge is 2.25. The Bertz CT molecular complexity index is 356. The van der Waals surface area contributed by atoms with Crippen molar-refractivity contribution in [1.82, 2.24) is 0 Å². The minimum atomic E-state index is -3.19. The third-order valence-electron chi connectivity index (χ3n) is 1.80. The standard InChI is InChI=1S/C10H13O3P/c1-4-13-14(11,12-3)10-7-5-9(2)6-8-10/h4-8H,1H2,2-3H3. The van der Waals surface area contributed by atoms with Crippen LogP contribution in [-0.2, 0) is 13.6 Å². The molecule has 3 nitrogen and oxygen atoms in total. The summed E-state index contributed by atoms with van der Waals surface area (Å²) in [7, 11) is -1.84. The molecule has 0 heterocycles. The molecular formula is C10H13O3P.